The first kappa shape index (κ1) is 16.9. The maximum Gasteiger partial charge on any atom is 0.0897 e. The fourth-order valence-corrected chi connectivity index (χ4v) is 2.02. The molecule has 1 atom stereocenters. The van der Waals surface area contributed by atoms with Crippen LogP contribution in [0.15, 0.2) is 0 Å². The summed E-state index contributed by atoms with van der Waals surface area (Å²) in [5.74, 6) is 2.01. The van der Waals surface area contributed by atoms with Crippen LogP contribution < -0.4 is 5.32 Å². The minimum Gasteiger partial charge on any atom is -0.389 e. The molecule has 0 fully saturated rings. The molecular formula is C14H31NO2. The first-order valence-electron chi connectivity index (χ1n) is 6.85. The third-order valence-corrected chi connectivity index (χ3v) is 3.09. The second-order valence-corrected chi connectivity index (χ2v) is 5.85. The van der Waals surface area contributed by atoms with Crippen LogP contribution in [0.1, 0.15) is 41.5 Å². The Labute approximate surface area is 107 Å². The van der Waals surface area contributed by atoms with Gasteiger partial charge in [-0.15, -0.1) is 0 Å². The maximum absolute atomic E-state index is 9.70. The van der Waals surface area contributed by atoms with Crippen molar-refractivity contribution in [1.82, 2.24) is 5.32 Å². The Morgan fingerprint density at radius 2 is 1.47 bits per heavy atom. The molecule has 2 N–H and O–H groups in total. The molecule has 3 nitrogen and oxygen atoms in total. The van der Waals surface area contributed by atoms with E-state index < -0.39 is 6.10 Å². The molecule has 0 rings (SSSR count). The number of aliphatic hydroxyl groups excluding tert-OH is 1. The van der Waals surface area contributed by atoms with Crippen LogP contribution in [-0.4, -0.2) is 37.0 Å². The number of hydrogen-bond acceptors (Lipinski definition) is 3. The quantitative estimate of drug-likeness (QED) is 0.655. The van der Waals surface area contributed by atoms with E-state index in [0.717, 1.165) is 6.54 Å². The van der Waals surface area contributed by atoms with Crippen molar-refractivity contribution in [2.45, 2.75) is 53.8 Å². The summed E-state index contributed by atoms with van der Waals surface area (Å²) in [6, 6.07) is 0. The van der Waals surface area contributed by atoms with E-state index in [4.69, 9.17) is 4.74 Å². The predicted octanol–water partition coefficient (Wildman–Crippen LogP) is 2.29. The van der Waals surface area contributed by atoms with E-state index in [0.29, 0.717) is 30.9 Å². The van der Waals surface area contributed by atoms with Gasteiger partial charge in [0, 0.05) is 6.54 Å². The molecule has 0 radical (unpaired) electrons. The lowest BCUT2D eigenvalue weighted by atomic mass is 9.85. The minimum atomic E-state index is -0.405. The van der Waals surface area contributed by atoms with Gasteiger partial charge in [0.05, 0.1) is 18.8 Å². The van der Waals surface area contributed by atoms with Crippen molar-refractivity contribution >= 4 is 0 Å². The Hall–Kier alpha value is -0.120. The van der Waals surface area contributed by atoms with Crippen LogP contribution in [-0.2, 0) is 4.74 Å². The van der Waals surface area contributed by atoms with Crippen molar-refractivity contribution < 1.29 is 9.84 Å². The molecule has 0 aromatic rings. The number of hydrogen-bond donors (Lipinski definition) is 2. The summed E-state index contributed by atoms with van der Waals surface area (Å²) >= 11 is 0. The average Bonchev–Trinajstić information content (AvgIpc) is 2.20. The Bertz CT molecular complexity index is 173. The molecule has 0 aliphatic heterocycles. The highest BCUT2D eigenvalue weighted by atomic mass is 16.5. The largest absolute Gasteiger partial charge is 0.389 e. The van der Waals surface area contributed by atoms with Gasteiger partial charge in [0.1, 0.15) is 0 Å². The third kappa shape index (κ3) is 8.58. The standard InChI is InChI=1S/C14H31NO2/c1-10(2)14(11(3)4)8-15-7-13(16)9-17-12(5)6/h10-16H,7-9H2,1-6H3. The van der Waals surface area contributed by atoms with Crippen LogP contribution in [0.2, 0.25) is 0 Å². The Morgan fingerprint density at radius 1 is 0.941 bits per heavy atom. The molecular weight excluding hydrogens is 214 g/mol. The zero-order chi connectivity index (χ0) is 13.4. The van der Waals surface area contributed by atoms with Crippen molar-refractivity contribution in [3.8, 4) is 0 Å². The summed E-state index contributed by atoms with van der Waals surface area (Å²) in [4.78, 5) is 0. The van der Waals surface area contributed by atoms with Crippen LogP contribution in [0.3, 0.4) is 0 Å². The van der Waals surface area contributed by atoms with Gasteiger partial charge >= 0.3 is 0 Å². The van der Waals surface area contributed by atoms with E-state index in [1.54, 1.807) is 0 Å². The second-order valence-electron chi connectivity index (χ2n) is 5.85. The van der Waals surface area contributed by atoms with E-state index in [9.17, 15) is 5.11 Å². The molecule has 17 heavy (non-hydrogen) atoms. The summed E-state index contributed by atoms with van der Waals surface area (Å²) in [6.07, 6.45) is -0.221. The Balaban J connectivity index is 3.73. The Morgan fingerprint density at radius 3 is 1.88 bits per heavy atom. The molecule has 0 spiro atoms. The van der Waals surface area contributed by atoms with Gasteiger partial charge in [-0.2, -0.15) is 0 Å². The van der Waals surface area contributed by atoms with Crippen molar-refractivity contribution in [1.29, 1.82) is 0 Å². The number of nitrogens with one attached hydrogen (secondary N) is 1. The number of rotatable bonds is 9. The summed E-state index contributed by atoms with van der Waals surface area (Å²) in [7, 11) is 0. The van der Waals surface area contributed by atoms with Gasteiger partial charge in [0.15, 0.2) is 0 Å². The third-order valence-electron chi connectivity index (χ3n) is 3.09. The van der Waals surface area contributed by atoms with Gasteiger partial charge in [-0.25, -0.2) is 0 Å². The highest BCUT2D eigenvalue weighted by molar-refractivity contribution is 4.70. The number of ether oxygens (including phenoxy) is 1. The van der Waals surface area contributed by atoms with E-state index in [1.807, 2.05) is 13.8 Å². The summed E-state index contributed by atoms with van der Waals surface area (Å²) < 4.78 is 5.37. The lowest BCUT2D eigenvalue weighted by Gasteiger charge is -2.25. The van der Waals surface area contributed by atoms with Crippen LogP contribution in [0.4, 0.5) is 0 Å². The first-order chi connectivity index (χ1) is 7.84. The summed E-state index contributed by atoms with van der Waals surface area (Å²) in [5, 5.41) is 13.0. The molecule has 0 aliphatic rings. The normalized spacial score (nSPS) is 14.3. The molecule has 3 heteroatoms. The van der Waals surface area contributed by atoms with Gasteiger partial charge in [-0.05, 0) is 38.1 Å². The smallest absolute Gasteiger partial charge is 0.0897 e. The minimum absolute atomic E-state index is 0.184. The molecule has 0 bridgehead atoms. The molecule has 0 aromatic heterocycles. The predicted molar refractivity (Wildman–Crippen MR) is 73.1 cm³/mol. The number of aliphatic hydroxyl groups is 1. The molecule has 0 amide bonds. The zero-order valence-electron chi connectivity index (χ0n) is 12.4. The van der Waals surface area contributed by atoms with E-state index >= 15 is 0 Å². The zero-order valence-corrected chi connectivity index (χ0v) is 12.4. The van der Waals surface area contributed by atoms with Crippen LogP contribution >= 0.6 is 0 Å². The molecule has 0 heterocycles. The molecule has 0 saturated carbocycles. The van der Waals surface area contributed by atoms with E-state index in [-0.39, 0.29) is 6.10 Å². The fraction of sp³-hybridized carbons (Fsp3) is 1.00. The SMILES string of the molecule is CC(C)OCC(O)CNCC(C(C)C)C(C)C. The van der Waals surface area contributed by atoms with Crippen molar-refractivity contribution in [2.24, 2.45) is 17.8 Å². The van der Waals surface area contributed by atoms with Crippen LogP contribution in [0, 0.1) is 17.8 Å². The highest BCUT2D eigenvalue weighted by Gasteiger charge is 2.17. The lowest BCUT2D eigenvalue weighted by Crippen LogP contribution is -2.36. The maximum atomic E-state index is 9.70. The van der Waals surface area contributed by atoms with Gasteiger partial charge in [0.25, 0.3) is 0 Å². The molecule has 104 valence electrons. The molecule has 0 saturated heterocycles. The van der Waals surface area contributed by atoms with Gasteiger partial charge in [-0.3, -0.25) is 0 Å². The topological polar surface area (TPSA) is 41.5 Å². The van der Waals surface area contributed by atoms with Gasteiger partial charge in [-0.1, -0.05) is 27.7 Å². The average molecular weight is 245 g/mol. The van der Waals surface area contributed by atoms with Crippen LogP contribution in [0.25, 0.3) is 0 Å². The molecule has 1 unspecified atom stereocenters. The van der Waals surface area contributed by atoms with E-state index in [1.165, 1.54) is 0 Å². The molecule has 0 aliphatic carbocycles. The molecule has 0 aromatic carbocycles. The van der Waals surface area contributed by atoms with Crippen LogP contribution in [0.5, 0.6) is 0 Å². The highest BCUT2D eigenvalue weighted by Crippen LogP contribution is 2.19. The first-order valence-corrected chi connectivity index (χ1v) is 6.85. The van der Waals surface area contributed by atoms with Crippen molar-refractivity contribution in [3.63, 3.8) is 0 Å². The van der Waals surface area contributed by atoms with Gasteiger partial charge in [0.2, 0.25) is 0 Å². The Kier molecular flexibility index (Phi) is 8.83. The fourth-order valence-electron chi connectivity index (χ4n) is 2.02. The van der Waals surface area contributed by atoms with Crippen molar-refractivity contribution in [2.75, 3.05) is 19.7 Å². The van der Waals surface area contributed by atoms with Crippen molar-refractivity contribution in [3.05, 3.63) is 0 Å². The monoisotopic (exact) mass is 245 g/mol. The summed E-state index contributed by atoms with van der Waals surface area (Å²) in [5.41, 5.74) is 0. The summed E-state index contributed by atoms with van der Waals surface area (Å²) in [6.45, 7) is 15.0. The van der Waals surface area contributed by atoms with Gasteiger partial charge < -0.3 is 15.2 Å². The van der Waals surface area contributed by atoms with E-state index in [2.05, 4.69) is 33.0 Å². The lowest BCUT2D eigenvalue weighted by molar-refractivity contribution is 0.00577. The second kappa shape index (κ2) is 8.90.